The zero-order chi connectivity index (χ0) is 11.9. The third-order valence-electron chi connectivity index (χ3n) is 1.33. The van der Waals surface area contributed by atoms with Crippen molar-refractivity contribution in [3.8, 4) is 0 Å². The van der Waals surface area contributed by atoms with Crippen molar-refractivity contribution in [1.29, 1.82) is 0 Å². The molecule has 0 fully saturated rings. The van der Waals surface area contributed by atoms with E-state index >= 15 is 0 Å². The summed E-state index contributed by atoms with van der Waals surface area (Å²) < 4.78 is 55.0. The van der Waals surface area contributed by atoms with Crippen molar-refractivity contribution >= 4 is 12.0 Å². The summed E-state index contributed by atoms with van der Waals surface area (Å²) >= 11 is -0.505. The molecule has 0 saturated heterocycles. The quantitative estimate of drug-likeness (QED) is 0.217. The summed E-state index contributed by atoms with van der Waals surface area (Å²) in [5, 5.41) is -0.0431. The Morgan fingerprint density at radius 3 is 2.27 bits per heavy atom. The van der Waals surface area contributed by atoms with Gasteiger partial charge in [0.05, 0.1) is 13.5 Å². The van der Waals surface area contributed by atoms with Crippen LogP contribution in [0.5, 0.6) is 0 Å². The van der Waals surface area contributed by atoms with E-state index in [1.165, 1.54) is 6.92 Å². The lowest BCUT2D eigenvalue weighted by molar-refractivity contribution is -0.448. The molecule has 3 nitrogen and oxygen atoms in total. The predicted molar refractivity (Wildman–Crippen MR) is 46.2 cm³/mol. The maximum atomic E-state index is 12.8. The molecular formula is C7H12F4O3S. The zero-order valence-electron chi connectivity index (χ0n) is 8.27. The average molecular weight is 252 g/mol. The summed E-state index contributed by atoms with van der Waals surface area (Å²) in [5.41, 5.74) is 0. The highest BCUT2D eigenvalue weighted by atomic mass is 32.2. The Bertz CT molecular complexity index is 180. The maximum absolute atomic E-state index is 12.8. The van der Waals surface area contributed by atoms with Crippen LogP contribution in [0.1, 0.15) is 26.2 Å². The molecule has 0 aliphatic carbocycles. The summed E-state index contributed by atoms with van der Waals surface area (Å²) in [6, 6.07) is 0. The van der Waals surface area contributed by atoms with Crippen LogP contribution >= 0.6 is 12.0 Å². The van der Waals surface area contributed by atoms with Gasteiger partial charge in [-0.15, -0.1) is 4.33 Å². The summed E-state index contributed by atoms with van der Waals surface area (Å²) in [4.78, 5) is 3.85. The second-order valence-corrected chi connectivity index (χ2v) is 3.71. The third-order valence-corrected chi connectivity index (χ3v) is 1.84. The molecule has 0 rings (SSSR count). The Labute approximate surface area is 89.1 Å². The van der Waals surface area contributed by atoms with Gasteiger partial charge in [0, 0.05) is 6.42 Å². The highest BCUT2D eigenvalue weighted by Gasteiger charge is 2.44. The summed E-state index contributed by atoms with van der Waals surface area (Å²) in [7, 11) is 1.03. The Balaban J connectivity index is 3.99. The Morgan fingerprint density at radius 2 is 1.80 bits per heavy atom. The van der Waals surface area contributed by atoms with E-state index in [1.807, 2.05) is 0 Å². The van der Waals surface area contributed by atoms with Crippen LogP contribution in [0.25, 0.3) is 0 Å². The van der Waals surface area contributed by atoms with Gasteiger partial charge in [-0.25, -0.2) is 13.7 Å². The first-order valence-electron chi connectivity index (χ1n) is 4.14. The van der Waals surface area contributed by atoms with Gasteiger partial charge in [0.1, 0.15) is 12.0 Å². The molecule has 0 aliphatic rings. The molecule has 8 heteroatoms. The third kappa shape index (κ3) is 7.83. The minimum absolute atomic E-state index is 0.128. The molecule has 0 aromatic rings. The summed E-state index contributed by atoms with van der Waals surface area (Å²) in [6.45, 7) is 1.49. The lowest BCUT2D eigenvalue weighted by Gasteiger charge is -2.20. The lowest BCUT2D eigenvalue weighted by atomic mass is 10.1. The standard InChI is InChI=1S/C7H12F4O3S/c1-3-4-6(8,9)5-7(10,11)15-14-13-12-2/h3-5H2,1-2H3. The van der Waals surface area contributed by atoms with Gasteiger partial charge >= 0.3 is 5.25 Å². The monoisotopic (exact) mass is 252 g/mol. The molecule has 0 aromatic heterocycles. The number of rotatable bonds is 8. The SMILES string of the molecule is CCCC(F)(F)CC(F)(F)SOOOC. The summed E-state index contributed by atoms with van der Waals surface area (Å²) in [6.07, 6.45) is -2.05. The molecule has 15 heavy (non-hydrogen) atoms. The number of hydrogen-bond donors (Lipinski definition) is 0. The largest absolute Gasteiger partial charge is 0.326 e. The number of hydrogen-bond acceptors (Lipinski definition) is 4. The van der Waals surface area contributed by atoms with E-state index in [0.29, 0.717) is 0 Å². The zero-order valence-corrected chi connectivity index (χ0v) is 9.08. The van der Waals surface area contributed by atoms with E-state index in [9.17, 15) is 17.6 Å². The van der Waals surface area contributed by atoms with Crippen molar-refractivity contribution < 1.29 is 31.8 Å². The van der Waals surface area contributed by atoms with Gasteiger partial charge in [0.25, 0.3) is 5.92 Å². The fourth-order valence-electron chi connectivity index (χ4n) is 0.876. The van der Waals surface area contributed by atoms with Gasteiger partial charge in [-0.1, -0.05) is 18.4 Å². The second kappa shape index (κ2) is 6.51. The molecule has 0 bridgehead atoms. The minimum atomic E-state index is -3.72. The maximum Gasteiger partial charge on any atom is 0.326 e. The number of halogens is 4. The first kappa shape index (κ1) is 14.9. The Kier molecular flexibility index (Phi) is 6.49. The van der Waals surface area contributed by atoms with E-state index in [-0.39, 0.29) is 6.42 Å². The predicted octanol–water partition coefficient (Wildman–Crippen LogP) is 3.56. The molecule has 0 heterocycles. The van der Waals surface area contributed by atoms with Gasteiger partial charge in [-0.3, -0.25) is 0 Å². The van der Waals surface area contributed by atoms with Crippen LogP contribution in [-0.4, -0.2) is 18.3 Å². The second-order valence-electron chi connectivity index (χ2n) is 2.81. The molecule has 0 aliphatic heterocycles. The molecule has 92 valence electrons. The number of alkyl halides is 4. The van der Waals surface area contributed by atoms with Crippen molar-refractivity contribution in [2.45, 2.75) is 37.4 Å². The van der Waals surface area contributed by atoms with E-state index in [1.54, 1.807) is 0 Å². The van der Waals surface area contributed by atoms with Gasteiger partial charge in [-0.2, -0.15) is 8.78 Å². The van der Waals surface area contributed by atoms with Crippen LogP contribution in [0.3, 0.4) is 0 Å². The molecule has 0 N–H and O–H groups in total. The first-order chi connectivity index (χ1) is 6.83. The van der Waals surface area contributed by atoms with Gasteiger partial charge < -0.3 is 0 Å². The molecule has 0 saturated carbocycles. The average Bonchev–Trinajstić information content (AvgIpc) is 2.01. The lowest BCUT2D eigenvalue weighted by Crippen LogP contribution is -2.26. The van der Waals surface area contributed by atoms with Gasteiger partial charge in [0.15, 0.2) is 0 Å². The van der Waals surface area contributed by atoms with Crippen LogP contribution < -0.4 is 0 Å². The van der Waals surface area contributed by atoms with E-state index < -0.39 is 36.1 Å². The normalized spacial score (nSPS) is 13.2. The van der Waals surface area contributed by atoms with Gasteiger partial charge in [0.2, 0.25) is 0 Å². The van der Waals surface area contributed by atoms with Gasteiger partial charge in [-0.05, 0) is 0 Å². The van der Waals surface area contributed by atoms with Crippen LogP contribution in [-0.2, 0) is 14.3 Å². The molecule has 0 atom stereocenters. The van der Waals surface area contributed by atoms with Crippen molar-refractivity contribution in [2.75, 3.05) is 7.11 Å². The highest BCUT2D eigenvalue weighted by molar-refractivity contribution is 7.95. The van der Waals surface area contributed by atoms with Crippen molar-refractivity contribution in [2.24, 2.45) is 0 Å². The smallest absolute Gasteiger partial charge is 0.209 e. The van der Waals surface area contributed by atoms with E-state index in [0.717, 1.165) is 7.11 Å². The Morgan fingerprint density at radius 1 is 1.20 bits per heavy atom. The fourth-order valence-corrected chi connectivity index (χ4v) is 1.33. The molecule has 0 spiro atoms. The molecule has 0 radical (unpaired) electrons. The first-order valence-corrected chi connectivity index (χ1v) is 4.88. The van der Waals surface area contributed by atoms with Crippen LogP contribution in [0, 0.1) is 0 Å². The van der Waals surface area contributed by atoms with Crippen LogP contribution in [0.4, 0.5) is 17.6 Å². The molecule has 0 amide bonds. The van der Waals surface area contributed by atoms with E-state index in [2.05, 4.69) is 14.3 Å². The van der Waals surface area contributed by atoms with Crippen molar-refractivity contribution in [3.63, 3.8) is 0 Å². The van der Waals surface area contributed by atoms with E-state index in [4.69, 9.17) is 0 Å². The molecule has 0 unspecified atom stereocenters. The fraction of sp³-hybridized carbons (Fsp3) is 1.00. The minimum Gasteiger partial charge on any atom is -0.209 e. The van der Waals surface area contributed by atoms with Crippen LogP contribution in [0.15, 0.2) is 0 Å². The summed E-state index contributed by atoms with van der Waals surface area (Å²) in [5.74, 6) is -3.41. The van der Waals surface area contributed by atoms with Crippen molar-refractivity contribution in [1.82, 2.24) is 0 Å². The molecule has 0 aromatic carbocycles. The Hall–Kier alpha value is -0.0500. The van der Waals surface area contributed by atoms with Crippen molar-refractivity contribution in [3.05, 3.63) is 0 Å². The molecular weight excluding hydrogens is 240 g/mol. The van der Waals surface area contributed by atoms with Crippen LogP contribution in [0.2, 0.25) is 0 Å². The topological polar surface area (TPSA) is 27.7 Å². The highest BCUT2D eigenvalue weighted by Crippen LogP contribution is 2.41.